The highest BCUT2D eigenvalue weighted by Crippen LogP contribution is 2.21. The summed E-state index contributed by atoms with van der Waals surface area (Å²) >= 11 is -2.60. The first kappa shape index (κ1) is 18.7. The lowest BCUT2D eigenvalue weighted by Crippen LogP contribution is -2.31. The lowest BCUT2D eigenvalue weighted by Gasteiger charge is -2.28. The van der Waals surface area contributed by atoms with Gasteiger partial charge in [0.05, 0.1) is 6.54 Å². The number of aryl methyl sites for hydroxylation is 1. The van der Waals surface area contributed by atoms with Crippen LogP contribution in [-0.4, -0.2) is 31.4 Å². The van der Waals surface area contributed by atoms with Crippen LogP contribution in [0.5, 0.6) is 5.75 Å². The van der Waals surface area contributed by atoms with E-state index in [1.165, 1.54) is 18.7 Å². The molecule has 0 aliphatic carbocycles. The summed E-state index contributed by atoms with van der Waals surface area (Å²) in [7, 11) is 2.84. The highest BCUT2D eigenvalue weighted by molar-refractivity contribution is 7.80. The Balaban J connectivity index is 2.54. The first-order chi connectivity index (χ1) is 11.8. The molecule has 1 amide bonds. The van der Waals surface area contributed by atoms with Crippen molar-refractivity contribution in [2.45, 2.75) is 13.5 Å². The molecule has 0 saturated heterocycles. The van der Waals surface area contributed by atoms with Gasteiger partial charge in [0, 0.05) is 42.8 Å². The Labute approximate surface area is 147 Å². The average molecular weight is 364 g/mol. The Morgan fingerprint density at radius 1 is 1.40 bits per heavy atom. The second-order valence-electron chi connectivity index (χ2n) is 5.43. The van der Waals surface area contributed by atoms with Crippen molar-refractivity contribution < 1.29 is 18.7 Å². The van der Waals surface area contributed by atoms with Gasteiger partial charge in [-0.05, 0) is 24.6 Å². The van der Waals surface area contributed by atoms with Crippen molar-refractivity contribution in [3.63, 3.8) is 0 Å². The van der Waals surface area contributed by atoms with Crippen LogP contribution in [0.15, 0.2) is 35.1 Å². The first-order valence-corrected chi connectivity index (χ1v) is 8.37. The molecule has 1 heterocycles. The number of nitrogens with one attached hydrogen (secondary N) is 1. The van der Waals surface area contributed by atoms with E-state index in [1.807, 2.05) is 13.0 Å². The number of amides is 1. The molecule has 2 N–H and O–H groups in total. The molecule has 0 saturated carbocycles. The molecule has 1 aromatic heterocycles. The van der Waals surface area contributed by atoms with Crippen LogP contribution in [0.2, 0.25) is 0 Å². The third kappa shape index (κ3) is 3.89. The Hall–Kier alpha value is -2.65. The maximum Gasteiger partial charge on any atom is 0.271 e. The van der Waals surface area contributed by atoms with Crippen molar-refractivity contribution in [1.82, 2.24) is 9.88 Å². The zero-order chi connectivity index (χ0) is 18.7. The molecule has 1 atom stereocenters. The number of pyridine rings is 1. The van der Waals surface area contributed by atoms with Crippen LogP contribution >= 0.6 is 0 Å². The fourth-order valence-corrected chi connectivity index (χ4v) is 2.95. The Morgan fingerprint density at radius 2 is 2.08 bits per heavy atom. The largest absolute Gasteiger partial charge is 0.755 e. The van der Waals surface area contributed by atoms with E-state index in [0.717, 1.165) is 15.9 Å². The fourth-order valence-electron chi connectivity index (χ4n) is 2.43. The number of carbonyl (C=O) groups is 1. The van der Waals surface area contributed by atoms with Crippen molar-refractivity contribution in [2.24, 2.45) is 7.05 Å². The van der Waals surface area contributed by atoms with E-state index in [0.29, 0.717) is 5.69 Å². The summed E-state index contributed by atoms with van der Waals surface area (Å²) in [5.41, 5.74) is 0.569. The molecule has 0 spiro atoms. The van der Waals surface area contributed by atoms with Crippen LogP contribution < -0.4 is 15.1 Å². The molecule has 2 rings (SSSR count). The Morgan fingerprint density at radius 3 is 2.64 bits per heavy atom. The number of aromatic nitrogens is 1. The minimum atomic E-state index is -2.60. The summed E-state index contributed by atoms with van der Waals surface area (Å²) < 4.78 is 25.7. The number of anilines is 1. The molecule has 0 aliphatic rings. The summed E-state index contributed by atoms with van der Waals surface area (Å²) in [6.07, 6.45) is 0. The van der Waals surface area contributed by atoms with Gasteiger partial charge < -0.3 is 19.5 Å². The number of hydrogen-bond donors (Lipinski definition) is 2. The van der Waals surface area contributed by atoms with E-state index in [1.54, 1.807) is 18.2 Å². The summed E-state index contributed by atoms with van der Waals surface area (Å²) in [6, 6.07) is 7.97. The number of hydrogen-bond acceptors (Lipinski definition) is 5. The number of rotatable bonds is 5. The fraction of sp³-hybridized carbons (Fsp3) is 0.250. The van der Waals surface area contributed by atoms with E-state index in [2.05, 4.69) is 5.32 Å². The van der Waals surface area contributed by atoms with Crippen molar-refractivity contribution in [1.29, 1.82) is 0 Å². The zero-order valence-corrected chi connectivity index (χ0v) is 14.8. The van der Waals surface area contributed by atoms with Gasteiger partial charge in [-0.25, -0.2) is 0 Å². The molecule has 134 valence electrons. The minimum Gasteiger partial charge on any atom is -0.755 e. The Kier molecular flexibility index (Phi) is 5.60. The SMILES string of the molecule is CNC(=O)c1c(O)c(=O)cc(CN(c2cccc(C)c2)S(=O)[O-])n1C. The highest BCUT2D eigenvalue weighted by atomic mass is 32.2. The van der Waals surface area contributed by atoms with Gasteiger partial charge in [-0.3, -0.25) is 18.1 Å². The third-order valence-corrected chi connectivity index (χ3v) is 4.44. The summed E-state index contributed by atoms with van der Waals surface area (Å²) in [4.78, 5) is 23.9. The molecule has 2 aromatic rings. The molecule has 1 aromatic carbocycles. The maximum atomic E-state index is 12.0. The van der Waals surface area contributed by atoms with E-state index in [-0.39, 0.29) is 17.9 Å². The van der Waals surface area contributed by atoms with Crippen LogP contribution in [0.3, 0.4) is 0 Å². The predicted octanol–water partition coefficient (Wildman–Crippen LogP) is 0.560. The standard InChI is InChI=1S/C16H19N3O5S/c1-10-5-4-6-11(7-10)19(25(23)24)9-12-8-13(20)15(21)14(18(12)3)16(22)17-2/h4-8,21H,9H2,1-3H3,(H,17,22)(H,23,24)/p-1. The number of carbonyl (C=O) groups excluding carboxylic acids is 1. The Bertz CT molecular complexity index is 894. The molecular formula is C16H18N3O5S-. The molecule has 9 heteroatoms. The lowest BCUT2D eigenvalue weighted by molar-refractivity contribution is 0.0950. The quantitative estimate of drug-likeness (QED) is 0.752. The molecule has 0 fully saturated rings. The highest BCUT2D eigenvalue weighted by Gasteiger charge is 2.20. The maximum absolute atomic E-state index is 12.0. The van der Waals surface area contributed by atoms with E-state index < -0.39 is 28.4 Å². The van der Waals surface area contributed by atoms with Crippen molar-refractivity contribution >= 4 is 22.9 Å². The van der Waals surface area contributed by atoms with Gasteiger partial charge in [-0.15, -0.1) is 0 Å². The summed E-state index contributed by atoms with van der Waals surface area (Å²) in [5, 5.41) is 12.2. The molecule has 0 bridgehead atoms. The van der Waals surface area contributed by atoms with Crippen LogP contribution in [0.4, 0.5) is 5.69 Å². The monoisotopic (exact) mass is 364 g/mol. The number of benzene rings is 1. The van der Waals surface area contributed by atoms with Gasteiger partial charge >= 0.3 is 0 Å². The topological polar surface area (TPSA) is 115 Å². The first-order valence-electron chi connectivity index (χ1n) is 7.33. The van der Waals surface area contributed by atoms with Crippen LogP contribution in [0.1, 0.15) is 21.7 Å². The smallest absolute Gasteiger partial charge is 0.271 e. The van der Waals surface area contributed by atoms with E-state index in [9.17, 15) is 23.5 Å². The van der Waals surface area contributed by atoms with Crippen molar-refractivity contribution in [2.75, 3.05) is 11.4 Å². The van der Waals surface area contributed by atoms with Crippen molar-refractivity contribution in [3.05, 3.63) is 57.5 Å². The molecule has 8 nitrogen and oxygen atoms in total. The normalized spacial score (nSPS) is 11.8. The molecular weight excluding hydrogens is 346 g/mol. The van der Waals surface area contributed by atoms with Crippen LogP contribution in [0, 0.1) is 6.92 Å². The van der Waals surface area contributed by atoms with Gasteiger partial charge in [0.25, 0.3) is 5.91 Å². The molecule has 0 aliphatic heterocycles. The molecule has 1 unspecified atom stereocenters. The molecule has 25 heavy (non-hydrogen) atoms. The lowest BCUT2D eigenvalue weighted by atomic mass is 10.2. The van der Waals surface area contributed by atoms with Crippen LogP contribution in [0.25, 0.3) is 0 Å². The van der Waals surface area contributed by atoms with E-state index >= 15 is 0 Å². The van der Waals surface area contributed by atoms with Crippen molar-refractivity contribution in [3.8, 4) is 5.75 Å². The number of aromatic hydroxyl groups is 1. The van der Waals surface area contributed by atoms with Gasteiger partial charge in [-0.1, -0.05) is 12.1 Å². The number of nitrogens with zero attached hydrogens (tertiary/aromatic N) is 2. The summed E-state index contributed by atoms with van der Waals surface area (Å²) in [6.45, 7) is 1.66. The predicted molar refractivity (Wildman–Crippen MR) is 93.0 cm³/mol. The minimum absolute atomic E-state index is 0.171. The van der Waals surface area contributed by atoms with Crippen LogP contribution in [-0.2, 0) is 24.9 Å². The van der Waals surface area contributed by atoms with E-state index in [4.69, 9.17) is 0 Å². The second kappa shape index (κ2) is 7.49. The zero-order valence-electron chi connectivity index (χ0n) is 14.0. The second-order valence-corrected chi connectivity index (χ2v) is 6.30. The van der Waals surface area contributed by atoms with Gasteiger partial charge in [-0.2, -0.15) is 0 Å². The summed E-state index contributed by atoms with van der Waals surface area (Å²) in [5.74, 6) is -1.33. The van der Waals surface area contributed by atoms with Gasteiger partial charge in [0.2, 0.25) is 5.43 Å². The third-order valence-electron chi connectivity index (χ3n) is 3.74. The molecule has 0 radical (unpaired) electrons. The average Bonchev–Trinajstić information content (AvgIpc) is 2.56. The van der Waals surface area contributed by atoms with Gasteiger partial charge in [0.15, 0.2) is 11.4 Å². The van der Waals surface area contributed by atoms with Gasteiger partial charge in [0.1, 0.15) is 0 Å².